The largest absolute Gasteiger partial charge is 0.497 e. The number of imidazole rings is 1. The van der Waals surface area contributed by atoms with Crippen LogP contribution in [0.15, 0.2) is 54.2 Å². The van der Waals surface area contributed by atoms with E-state index in [1.807, 2.05) is 65.5 Å². The van der Waals surface area contributed by atoms with E-state index in [9.17, 15) is 4.79 Å². The van der Waals surface area contributed by atoms with Gasteiger partial charge in [-0.05, 0) is 48.9 Å². The number of carbonyl (C=O) groups is 1. The lowest BCUT2D eigenvalue weighted by Gasteiger charge is -2.01. The van der Waals surface area contributed by atoms with Gasteiger partial charge in [-0.1, -0.05) is 0 Å². The summed E-state index contributed by atoms with van der Waals surface area (Å²) in [5, 5.41) is 5.35. The molecule has 3 heterocycles. The van der Waals surface area contributed by atoms with Crippen molar-refractivity contribution in [2.75, 3.05) is 12.4 Å². The molecule has 0 aliphatic rings. The third kappa shape index (κ3) is 3.83. The van der Waals surface area contributed by atoms with Gasteiger partial charge in [0.05, 0.1) is 24.9 Å². The highest BCUT2D eigenvalue weighted by Crippen LogP contribution is 2.26. The van der Waals surface area contributed by atoms with Crippen LogP contribution in [0.4, 0.5) is 5.13 Å². The molecule has 0 spiro atoms. The number of carbonyl (C=O) groups excluding carboxylic acids is 1. The first-order valence-corrected chi connectivity index (χ1v) is 9.33. The molecule has 27 heavy (non-hydrogen) atoms. The highest BCUT2D eigenvalue weighted by atomic mass is 32.1. The van der Waals surface area contributed by atoms with Gasteiger partial charge >= 0.3 is 0 Å². The molecule has 136 valence electrons. The van der Waals surface area contributed by atoms with Gasteiger partial charge in [0.25, 0.3) is 0 Å². The summed E-state index contributed by atoms with van der Waals surface area (Å²) in [6, 6.07) is 11.7. The number of rotatable bonds is 5. The number of hydrogen-bond donors (Lipinski definition) is 1. The predicted octanol–water partition coefficient (Wildman–Crippen LogP) is 3.96. The van der Waals surface area contributed by atoms with Crippen molar-refractivity contribution in [1.29, 1.82) is 0 Å². The fourth-order valence-corrected chi connectivity index (χ4v) is 3.51. The molecule has 0 unspecified atom stereocenters. The Morgan fingerprint density at radius 2 is 2.04 bits per heavy atom. The van der Waals surface area contributed by atoms with E-state index in [0.717, 1.165) is 33.9 Å². The Balaban J connectivity index is 1.43. The molecule has 0 bridgehead atoms. The van der Waals surface area contributed by atoms with Crippen LogP contribution in [-0.2, 0) is 11.2 Å². The van der Waals surface area contributed by atoms with Gasteiger partial charge in [0.15, 0.2) is 5.13 Å². The van der Waals surface area contributed by atoms with E-state index < -0.39 is 0 Å². The topological polar surface area (TPSA) is 68.5 Å². The molecule has 4 rings (SSSR count). The van der Waals surface area contributed by atoms with Crippen LogP contribution in [-0.4, -0.2) is 27.4 Å². The van der Waals surface area contributed by atoms with Crippen LogP contribution in [0.25, 0.3) is 16.9 Å². The summed E-state index contributed by atoms with van der Waals surface area (Å²) in [6.07, 6.45) is 4.03. The summed E-state index contributed by atoms with van der Waals surface area (Å²) < 4.78 is 7.08. The molecule has 0 aliphatic carbocycles. The number of benzene rings is 1. The molecule has 4 aromatic rings. The number of nitrogens with zero attached hydrogens (tertiary/aromatic N) is 3. The minimum absolute atomic E-state index is 0.134. The third-order valence-corrected chi connectivity index (χ3v) is 4.90. The van der Waals surface area contributed by atoms with Crippen molar-refractivity contribution in [1.82, 2.24) is 14.4 Å². The zero-order valence-electron chi connectivity index (χ0n) is 15.0. The summed E-state index contributed by atoms with van der Waals surface area (Å²) in [6.45, 7) is 2.02. The highest BCUT2D eigenvalue weighted by Gasteiger charge is 2.11. The average Bonchev–Trinajstić information content (AvgIpc) is 3.27. The first-order valence-electron chi connectivity index (χ1n) is 8.45. The first kappa shape index (κ1) is 17.2. The fourth-order valence-electron chi connectivity index (χ4n) is 2.77. The molecule has 0 radical (unpaired) electrons. The van der Waals surface area contributed by atoms with E-state index in [4.69, 9.17) is 4.74 Å². The van der Waals surface area contributed by atoms with Crippen molar-refractivity contribution < 1.29 is 9.53 Å². The van der Waals surface area contributed by atoms with Crippen molar-refractivity contribution in [2.45, 2.75) is 13.3 Å². The van der Waals surface area contributed by atoms with Crippen LogP contribution < -0.4 is 10.1 Å². The van der Waals surface area contributed by atoms with Crippen LogP contribution >= 0.6 is 11.3 Å². The predicted molar refractivity (Wildman–Crippen MR) is 106 cm³/mol. The molecule has 1 amide bonds. The Morgan fingerprint density at radius 3 is 2.81 bits per heavy atom. The second-order valence-corrected chi connectivity index (χ2v) is 7.05. The van der Waals surface area contributed by atoms with Crippen molar-refractivity contribution in [3.8, 4) is 17.0 Å². The van der Waals surface area contributed by atoms with Crippen molar-refractivity contribution in [3.05, 3.63) is 65.4 Å². The van der Waals surface area contributed by atoms with E-state index in [1.165, 1.54) is 11.3 Å². The number of anilines is 1. The van der Waals surface area contributed by atoms with Gasteiger partial charge in [0, 0.05) is 23.3 Å². The van der Waals surface area contributed by atoms with Gasteiger partial charge in [0.2, 0.25) is 5.91 Å². The van der Waals surface area contributed by atoms with Gasteiger partial charge in [0.1, 0.15) is 11.4 Å². The minimum atomic E-state index is -0.134. The second-order valence-electron chi connectivity index (χ2n) is 6.19. The molecule has 0 atom stereocenters. The highest BCUT2D eigenvalue weighted by molar-refractivity contribution is 7.14. The molecule has 0 fully saturated rings. The normalized spacial score (nSPS) is 10.9. The lowest BCUT2D eigenvalue weighted by Crippen LogP contribution is -2.14. The molecule has 3 aromatic heterocycles. The van der Waals surface area contributed by atoms with E-state index in [2.05, 4.69) is 15.3 Å². The summed E-state index contributed by atoms with van der Waals surface area (Å²) in [4.78, 5) is 21.3. The maximum Gasteiger partial charge on any atom is 0.232 e. The molecule has 6 nitrogen and oxygen atoms in total. The van der Waals surface area contributed by atoms with Crippen molar-refractivity contribution in [3.63, 3.8) is 0 Å². The first-order chi connectivity index (χ1) is 13.1. The lowest BCUT2D eigenvalue weighted by molar-refractivity contribution is -0.115. The Kier molecular flexibility index (Phi) is 4.60. The van der Waals surface area contributed by atoms with Crippen LogP contribution in [0, 0.1) is 6.92 Å². The second kappa shape index (κ2) is 7.20. The number of nitrogens with one attached hydrogen (secondary N) is 1. The fraction of sp³-hybridized carbons (Fsp3) is 0.150. The average molecular weight is 378 g/mol. The van der Waals surface area contributed by atoms with Crippen molar-refractivity contribution >= 4 is 28.0 Å². The summed E-state index contributed by atoms with van der Waals surface area (Å²) in [5.41, 5.74) is 4.50. The van der Waals surface area contributed by atoms with Gasteiger partial charge < -0.3 is 14.5 Å². The number of thiazole rings is 1. The van der Waals surface area contributed by atoms with Crippen LogP contribution in [0.5, 0.6) is 5.75 Å². The minimum Gasteiger partial charge on any atom is -0.497 e. The SMILES string of the molecule is COc1ccc(-c2csc(NC(=O)Cc3cn4ccc(C)cc4n3)n2)cc1. The van der Waals surface area contributed by atoms with Gasteiger partial charge in [-0.2, -0.15) is 0 Å². The number of pyridine rings is 1. The van der Waals surface area contributed by atoms with Gasteiger partial charge in [-0.15, -0.1) is 11.3 Å². The maximum atomic E-state index is 12.3. The molecule has 0 saturated carbocycles. The smallest absolute Gasteiger partial charge is 0.232 e. The Hall–Kier alpha value is -3.19. The quantitative estimate of drug-likeness (QED) is 0.571. The Morgan fingerprint density at radius 1 is 1.22 bits per heavy atom. The van der Waals surface area contributed by atoms with E-state index >= 15 is 0 Å². The Bertz CT molecular complexity index is 1100. The number of amides is 1. The van der Waals surface area contributed by atoms with Gasteiger partial charge in [-0.25, -0.2) is 9.97 Å². The molecule has 1 N–H and O–H groups in total. The molecule has 1 aromatic carbocycles. The number of methoxy groups -OCH3 is 1. The van der Waals surface area contributed by atoms with Crippen molar-refractivity contribution in [2.24, 2.45) is 0 Å². The zero-order valence-corrected chi connectivity index (χ0v) is 15.8. The maximum absolute atomic E-state index is 12.3. The lowest BCUT2D eigenvalue weighted by atomic mass is 10.2. The van der Waals surface area contributed by atoms with Crippen LogP contribution in [0.3, 0.4) is 0 Å². The van der Waals surface area contributed by atoms with E-state index in [0.29, 0.717) is 5.13 Å². The molecule has 0 saturated heterocycles. The van der Waals surface area contributed by atoms with Crippen LogP contribution in [0.1, 0.15) is 11.3 Å². The molecule has 7 heteroatoms. The monoisotopic (exact) mass is 378 g/mol. The number of aromatic nitrogens is 3. The number of hydrogen-bond acceptors (Lipinski definition) is 5. The van der Waals surface area contributed by atoms with E-state index in [-0.39, 0.29) is 12.3 Å². The number of aryl methyl sites for hydroxylation is 1. The summed E-state index contributed by atoms with van der Waals surface area (Å²) >= 11 is 1.40. The van der Waals surface area contributed by atoms with E-state index in [1.54, 1.807) is 7.11 Å². The standard InChI is InChI=1S/C20H18N4O2S/c1-13-7-8-24-11-15(21-18(24)9-13)10-19(25)23-20-22-17(12-27-20)14-3-5-16(26-2)6-4-14/h3-9,11-12H,10H2,1-2H3,(H,22,23,25). The summed E-state index contributed by atoms with van der Waals surface area (Å²) in [5.74, 6) is 0.663. The van der Waals surface area contributed by atoms with Crippen LogP contribution in [0.2, 0.25) is 0 Å². The summed E-state index contributed by atoms with van der Waals surface area (Å²) in [7, 11) is 1.63. The third-order valence-electron chi connectivity index (χ3n) is 4.14. The number of ether oxygens (including phenoxy) is 1. The molecular formula is C20H18N4O2S. The Labute approximate surface area is 160 Å². The molecular weight excluding hydrogens is 360 g/mol. The number of fused-ring (bicyclic) bond motifs is 1. The van der Waals surface area contributed by atoms with Gasteiger partial charge in [-0.3, -0.25) is 4.79 Å². The zero-order chi connectivity index (χ0) is 18.8. The molecule has 0 aliphatic heterocycles.